The number of nitrogens with zero attached hydrogens (tertiary/aromatic N) is 2. The van der Waals surface area contributed by atoms with Crippen molar-refractivity contribution in [3.05, 3.63) is 51.8 Å². The van der Waals surface area contributed by atoms with E-state index in [0.717, 1.165) is 5.56 Å². The summed E-state index contributed by atoms with van der Waals surface area (Å²) in [4.78, 5) is 31.0. The van der Waals surface area contributed by atoms with E-state index in [0.29, 0.717) is 25.1 Å². The maximum Gasteiger partial charge on any atom is 0.320 e. The quantitative estimate of drug-likeness (QED) is 0.537. The van der Waals surface area contributed by atoms with Gasteiger partial charge in [0.1, 0.15) is 23.8 Å². The number of ether oxygens (including phenoxy) is 3. The van der Waals surface area contributed by atoms with E-state index in [1.807, 2.05) is 4.90 Å². The van der Waals surface area contributed by atoms with Crippen LogP contribution in [0.25, 0.3) is 0 Å². The minimum absolute atomic E-state index is 0.0271. The van der Waals surface area contributed by atoms with Gasteiger partial charge in [0.25, 0.3) is 5.91 Å². The van der Waals surface area contributed by atoms with Gasteiger partial charge in [-0.15, -0.1) is 0 Å². The molecule has 1 aliphatic rings. The van der Waals surface area contributed by atoms with Crippen LogP contribution in [-0.4, -0.2) is 67.8 Å². The van der Waals surface area contributed by atoms with E-state index >= 15 is 0 Å². The van der Waals surface area contributed by atoms with Gasteiger partial charge in [-0.25, -0.2) is 4.39 Å². The van der Waals surface area contributed by atoms with Gasteiger partial charge in [-0.05, 0) is 31.0 Å². The van der Waals surface area contributed by atoms with E-state index in [1.165, 1.54) is 26.4 Å². The number of halogens is 2. The summed E-state index contributed by atoms with van der Waals surface area (Å²) >= 11 is 6.02. The van der Waals surface area contributed by atoms with Gasteiger partial charge in [-0.3, -0.25) is 14.5 Å². The highest BCUT2D eigenvalue weighted by Gasteiger charge is 2.32. The van der Waals surface area contributed by atoms with Gasteiger partial charge in [0.2, 0.25) is 5.88 Å². The first-order valence-electron chi connectivity index (χ1n) is 10.7. The molecule has 0 saturated carbocycles. The second kappa shape index (κ2) is 11.5. The summed E-state index contributed by atoms with van der Waals surface area (Å²) in [6.45, 7) is 2.58. The number of hydrogen-bond donors (Lipinski definition) is 2. The molecule has 1 aromatic heterocycles. The Morgan fingerprint density at radius 1 is 1.35 bits per heavy atom. The van der Waals surface area contributed by atoms with Crippen molar-refractivity contribution in [2.75, 3.05) is 39.6 Å². The Labute approximate surface area is 202 Å². The summed E-state index contributed by atoms with van der Waals surface area (Å²) in [6, 6.07) is 5.80. The van der Waals surface area contributed by atoms with Crippen molar-refractivity contribution in [1.29, 1.82) is 0 Å². The lowest BCUT2D eigenvalue weighted by Gasteiger charge is -2.37. The topological polar surface area (TPSA) is 116 Å². The van der Waals surface area contributed by atoms with Crippen molar-refractivity contribution in [3.8, 4) is 5.88 Å². The van der Waals surface area contributed by atoms with Crippen LogP contribution in [0, 0.1) is 12.7 Å². The van der Waals surface area contributed by atoms with Gasteiger partial charge in [0.15, 0.2) is 0 Å². The maximum atomic E-state index is 13.9. The first kappa shape index (κ1) is 25.7. The Hall–Kier alpha value is -2.95. The molecule has 2 atom stereocenters. The summed E-state index contributed by atoms with van der Waals surface area (Å²) < 4.78 is 29.9. The number of methoxy groups -OCH3 is 2. The van der Waals surface area contributed by atoms with Crippen LogP contribution in [0.5, 0.6) is 5.88 Å². The van der Waals surface area contributed by atoms with Crippen LogP contribution in [0.2, 0.25) is 5.02 Å². The average Bonchev–Trinajstić information content (AvgIpc) is 2.81. The Kier molecular flexibility index (Phi) is 8.65. The molecule has 1 amide bonds. The van der Waals surface area contributed by atoms with E-state index in [2.05, 4.69) is 10.3 Å². The van der Waals surface area contributed by atoms with Gasteiger partial charge < -0.3 is 25.3 Å². The molecule has 2 aromatic rings. The maximum absolute atomic E-state index is 13.9. The molecule has 1 aliphatic heterocycles. The number of hydrogen-bond acceptors (Lipinski definition) is 8. The smallest absolute Gasteiger partial charge is 0.320 e. The molecule has 34 heavy (non-hydrogen) atoms. The number of anilines is 1. The summed E-state index contributed by atoms with van der Waals surface area (Å²) in [5.41, 5.74) is 6.92. The van der Waals surface area contributed by atoms with Crippen molar-refractivity contribution in [3.63, 3.8) is 0 Å². The molecule has 9 nitrogen and oxygen atoms in total. The normalized spacial score (nSPS) is 18.4. The number of nitrogen functional groups attached to an aromatic ring is 1. The molecular weight excluding hydrogens is 467 g/mol. The molecule has 184 valence electrons. The molecule has 3 rings (SSSR count). The summed E-state index contributed by atoms with van der Waals surface area (Å²) in [6.07, 6.45) is 0.157. The molecule has 3 N–H and O–H groups in total. The predicted octanol–water partition coefficient (Wildman–Crippen LogP) is 2.34. The molecule has 0 radical (unpaired) electrons. The van der Waals surface area contributed by atoms with Crippen molar-refractivity contribution in [2.45, 2.75) is 32.1 Å². The standard InChI is InChI=1S/C23H28ClFN4O5/c1-13-5-4-6-17(25)15(13)12-34-20(30)11-29-8-7-18(19(10-29)32-2)27-22(31)14-9-16(24)21(26)28-23(14)33-3/h4-6,9,18-19H,7-8,10-12H2,1-3H3,(H2,26,28)(H,27,31)/t18-,19+/m1/s1. The molecule has 11 heteroatoms. The van der Waals surface area contributed by atoms with Crippen LogP contribution in [-0.2, 0) is 20.9 Å². The zero-order valence-corrected chi connectivity index (χ0v) is 20.0. The average molecular weight is 495 g/mol. The van der Waals surface area contributed by atoms with Crippen molar-refractivity contribution < 1.29 is 28.2 Å². The summed E-state index contributed by atoms with van der Waals surface area (Å²) in [5.74, 6) is -1.16. The van der Waals surface area contributed by atoms with E-state index in [-0.39, 0.29) is 47.6 Å². The SMILES string of the molecule is COc1nc(N)c(Cl)cc1C(=O)N[C@@H]1CCN(CC(=O)OCc2c(C)cccc2F)C[C@@H]1OC. The first-order valence-corrected chi connectivity index (χ1v) is 11.1. The Morgan fingerprint density at radius 3 is 2.79 bits per heavy atom. The number of pyridine rings is 1. The molecule has 0 spiro atoms. The van der Waals surface area contributed by atoms with Crippen LogP contribution in [0.4, 0.5) is 10.2 Å². The minimum Gasteiger partial charge on any atom is -0.480 e. The Morgan fingerprint density at radius 2 is 2.12 bits per heavy atom. The highest BCUT2D eigenvalue weighted by Crippen LogP contribution is 2.25. The van der Waals surface area contributed by atoms with Crippen molar-refractivity contribution in [2.24, 2.45) is 0 Å². The molecule has 0 aliphatic carbocycles. The number of amides is 1. The van der Waals surface area contributed by atoms with E-state index in [4.69, 9.17) is 31.5 Å². The number of nitrogens with two attached hydrogens (primary N) is 1. The number of benzene rings is 1. The molecule has 2 heterocycles. The Balaban J connectivity index is 1.56. The third kappa shape index (κ3) is 6.13. The number of carbonyl (C=O) groups is 2. The third-order valence-corrected chi connectivity index (χ3v) is 6.05. The Bertz CT molecular complexity index is 1030. The number of carbonyl (C=O) groups excluding carboxylic acids is 2. The fourth-order valence-electron chi connectivity index (χ4n) is 3.81. The third-order valence-electron chi connectivity index (χ3n) is 5.75. The molecule has 0 unspecified atom stereocenters. The number of nitrogens with one attached hydrogen (secondary N) is 1. The number of aryl methyl sites for hydroxylation is 1. The van der Waals surface area contributed by atoms with Crippen LogP contribution in [0.3, 0.4) is 0 Å². The van der Waals surface area contributed by atoms with Gasteiger partial charge in [0, 0.05) is 25.8 Å². The zero-order valence-electron chi connectivity index (χ0n) is 19.3. The van der Waals surface area contributed by atoms with E-state index < -0.39 is 17.7 Å². The lowest BCUT2D eigenvalue weighted by Crippen LogP contribution is -2.55. The summed E-state index contributed by atoms with van der Waals surface area (Å²) in [5, 5.41) is 3.07. The number of rotatable bonds is 8. The van der Waals surface area contributed by atoms with Crippen molar-refractivity contribution >= 4 is 29.3 Å². The van der Waals surface area contributed by atoms with E-state index in [9.17, 15) is 14.0 Å². The minimum atomic E-state index is -0.465. The number of esters is 1. The van der Waals surface area contributed by atoms with Gasteiger partial charge in [-0.1, -0.05) is 23.7 Å². The highest BCUT2D eigenvalue weighted by molar-refractivity contribution is 6.33. The van der Waals surface area contributed by atoms with Crippen LogP contribution in [0.15, 0.2) is 24.3 Å². The van der Waals surface area contributed by atoms with E-state index in [1.54, 1.807) is 19.1 Å². The van der Waals surface area contributed by atoms with Gasteiger partial charge in [0.05, 0.1) is 30.8 Å². The molecule has 1 aromatic carbocycles. The van der Waals surface area contributed by atoms with Crippen LogP contribution < -0.4 is 15.8 Å². The van der Waals surface area contributed by atoms with Crippen LogP contribution >= 0.6 is 11.6 Å². The van der Waals surface area contributed by atoms with Gasteiger partial charge in [-0.2, -0.15) is 4.98 Å². The lowest BCUT2D eigenvalue weighted by molar-refractivity contribution is -0.147. The first-order chi connectivity index (χ1) is 16.2. The number of piperidine rings is 1. The zero-order chi connectivity index (χ0) is 24.8. The lowest BCUT2D eigenvalue weighted by atomic mass is 10.0. The molecular formula is C23H28ClFN4O5. The number of likely N-dealkylation sites (tertiary alicyclic amines) is 1. The molecule has 1 fully saturated rings. The molecule has 0 bridgehead atoms. The fourth-order valence-corrected chi connectivity index (χ4v) is 3.96. The number of aromatic nitrogens is 1. The fraction of sp³-hybridized carbons (Fsp3) is 0.435. The monoisotopic (exact) mass is 494 g/mol. The second-order valence-corrected chi connectivity index (χ2v) is 8.39. The summed E-state index contributed by atoms with van der Waals surface area (Å²) in [7, 11) is 2.92. The predicted molar refractivity (Wildman–Crippen MR) is 124 cm³/mol. The van der Waals surface area contributed by atoms with Crippen LogP contribution in [0.1, 0.15) is 27.9 Å². The molecule has 1 saturated heterocycles. The van der Waals surface area contributed by atoms with Crippen molar-refractivity contribution in [1.82, 2.24) is 15.2 Å². The second-order valence-electron chi connectivity index (χ2n) is 7.99. The van der Waals surface area contributed by atoms with Gasteiger partial charge >= 0.3 is 5.97 Å². The largest absolute Gasteiger partial charge is 0.480 e. The highest BCUT2D eigenvalue weighted by atomic mass is 35.5.